The highest BCUT2D eigenvalue weighted by Crippen LogP contribution is 2.30. The van der Waals surface area contributed by atoms with E-state index in [1.165, 1.54) is 7.11 Å². The number of hydrogen-bond donors (Lipinski definition) is 1. The predicted molar refractivity (Wildman–Crippen MR) is 84.3 cm³/mol. The second-order valence-corrected chi connectivity index (χ2v) is 5.95. The monoisotopic (exact) mass is 333 g/mol. The number of hydrogen-bond acceptors (Lipinski definition) is 6. The fraction of sp³-hybridized carbons (Fsp3) is 0.250. The summed E-state index contributed by atoms with van der Waals surface area (Å²) in [5.74, 6) is 0.667. The van der Waals surface area contributed by atoms with Gasteiger partial charge in [0.1, 0.15) is 17.6 Å². The molecule has 1 aromatic carbocycles. The van der Waals surface area contributed by atoms with Gasteiger partial charge in [0.05, 0.1) is 18.5 Å². The van der Waals surface area contributed by atoms with E-state index in [1.54, 1.807) is 12.1 Å². The molecule has 1 aliphatic heterocycles. The Bertz CT molecular complexity index is 727. The van der Waals surface area contributed by atoms with Gasteiger partial charge in [0.25, 0.3) is 5.91 Å². The molecule has 0 saturated carbocycles. The van der Waals surface area contributed by atoms with E-state index >= 15 is 0 Å². The highest BCUT2D eigenvalue weighted by Gasteiger charge is 2.22. The van der Waals surface area contributed by atoms with Crippen LogP contribution in [-0.4, -0.2) is 38.2 Å². The summed E-state index contributed by atoms with van der Waals surface area (Å²) in [6.07, 6.45) is -0.256. The van der Waals surface area contributed by atoms with E-state index in [2.05, 4.69) is 10.1 Å². The molecule has 0 spiro atoms. The summed E-state index contributed by atoms with van der Waals surface area (Å²) in [6.45, 7) is 0.688. The first-order valence-electron chi connectivity index (χ1n) is 7.02. The van der Waals surface area contributed by atoms with Crippen molar-refractivity contribution in [2.24, 2.45) is 0 Å². The lowest BCUT2D eigenvalue weighted by Crippen LogP contribution is -2.40. The molecule has 2 aromatic rings. The van der Waals surface area contributed by atoms with Crippen molar-refractivity contribution in [3.63, 3.8) is 0 Å². The largest absolute Gasteiger partial charge is 0.486 e. The van der Waals surface area contributed by atoms with Crippen LogP contribution in [0.25, 0.3) is 0 Å². The molecule has 0 saturated heterocycles. The molecule has 6 nitrogen and oxygen atoms in total. The van der Waals surface area contributed by atoms with Crippen LogP contribution in [0.4, 0.5) is 0 Å². The van der Waals surface area contributed by atoms with Crippen LogP contribution in [0.15, 0.2) is 36.4 Å². The molecular formula is C16H15NO5S. The Hall–Kier alpha value is -2.54. The Morgan fingerprint density at radius 2 is 1.96 bits per heavy atom. The zero-order valence-electron chi connectivity index (χ0n) is 12.4. The lowest BCUT2D eigenvalue weighted by atomic mass is 10.2. The molecule has 2 heterocycles. The van der Waals surface area contributed by atoms with Crippen LogP contribution in [0.2, 0.25) is 0 Å². The fourth-order valence-corrected chi connectivity index (χ4v) is 2.97. The lowest BCUT2D eigenvalue weighted by molar-refractivity contribution is 0.0606. The normalized spacial score (nSPS) is 15.8. The number of benzene rings is 1. The number of nitrogens with one attached hydrogen (secondary N) is 1. The number of rotatable bonds is 4. The quantitative estimate of drug-likeness (QED) is 0.868. The smallest absolute Gasteiger partial charge is 0.348 e. The number of carbonyl (C=O) groups is 2. The van der Waals surface area contributed by atoms with E-state index in [0.29, 0.717) is 34.4 Å². The number of para-hydroxylation sites is 2. The van der Waals surface area contributed by atoms with Crippen LogP contribution in [0, 0.1) is 0 Å². The van der Waals surface area contributed by atoms with E-state index in [0.717, 1.165) is 11.3 Å². The summed E-state index contributed by atoms with van der Waals surface area (Å²) >= 11 is 1.09. The Balaban J connectivity index is 1.55. The minimum absolute atomic E-state index is 0.256. The van der Waals surface area contributed by atoms with Crippen molar-refractivity contribution < 1.29 is 23.8 Å². The Kier molecular flexibility index (Phi) is 4.47. The van der Waals surface area contributed by atoms with Crippen molar-refractivity contribution >= 4 is 23.2 Å². The summed E-state index contributed by atoms with van der Waals surface area (Å²) in [7, 11) is 1.31. The lowest BCUT2D eigenvalue weighted by Gasteiger charge is -2.26. The molecule has 7 heteroatoms. The van der Waals surface area contributed by atoms with Gasteiger partial charge in [-0.1, -0.05) is 12.1 Å². The topological polar surface area (TPSA) is 73.9 Å². The van der Waals surface area contributed by atoms with E-state index in [1.807, 2.05) is 24.3 Å². The molecule has 0 radical (unpaired) electrons. The Labute approximate surface area is 137 Å². The fourth-order valence-electron chi connectivity index (χ4n) is 2.13. The van der Waals surface area contributed by atoms with E-state index in [4.69, 9.17) is 9.47 Å². The van der Waals surface area contributed by atoms with Crippen molar-refractivity contribution in [2.45, 2.75) is 6.10 Å². The molecule has 0 unspecified atom stereocenters. The summed E-state index contributed by atoms with van der Waals surface area (Å²) < 4.78 is 16.0. The van der Waals surface area contributed by atoms with Gasteiger partial charge in [-0.25, -0.2) is 4.79 Å². The van der Waals surface area contributed by atoms with Crippen LogP contribution < -0.4 is 14.8 Å². The maximum Gasteiger partial charge on any atom is 0.348 e. The predicted octanol–water partition coefficient (Wildman–Crippen LogP) is 2.10. The van der Waals surface area contributed by atoms with Crippen molar-refractivity contribution in [3.8, 4) is 11.5 Å². The zero-order chi connectivity index (χ0) is 16.2. The first-order valence-corrected chi connectivity index (χ1v) is 7.84. The molecule has 23 heavy (non-hydrogen) atoms. The molecule has 1 amide bonds. The van der Waals surface area contributed by atoms with Crippen LogP contribution in [0.5, 0.6) is 11.5 Å². The second-order valence-electron chi connectivity index (χ2n) is 4.86. The highest BCUT2D eigenvalue weighted by molar-refractivity contribution is 7.15. The molecule has 1 aromatic heterocycles. The SMILES string of the molecule is COC(=O)c1ccc(C(=O)NC[C@@H]2COc3ccccc3O2)s1. The number of esters is 1. The number of methoxy groups -OCH3 is 1. The van der Waals surface area contributed by atoms with Crippen molar-refractivity contribution in [1.82, 2.24) is 5.32 Å². The van der Waals surface area contributed by atoms with Crippen LogP contribution in [-0.2, 0) is 4.74 Å². The van der Waals surface area contributed by atoms with Gasteiger partial charge in [-0.05, 0) is 24.3 Å². The third kappa shape index (κ3) is 3.45. The zero-order valence-corrected chi connectivity index (χ0v) is 13.2. The summed E-state index contributed by atoms with van der Waals surface area (Å²) in [5, 5.41) is 2.78. The van der Waals surface area contributed by atoms with Gasteiger partial charge >= 0.3 is 5.97 Å². The van der Waals surface area contributed by atoms with Gasteiger partial charge in [-0.3, -0.25) is 4.79 Å². The Morgan fingerprint density at radius 1 is 1.22 bits per heavy atom. The second kappa shape index (κ2) is 6.70. The average Bonchev–Trinajstić information content (AvgIpc) is 3.09. The van der Waals surface area contributed by atoms with Crippen molar-refractivity contribution in [2.75, 3.05) is 20.3 Å². The maximum atomic E-state index is 12.1. The number of carbonyl (C=O) groups excluding carboxylic acids is 2. The Morgan fingerprint density at radius 3 is 2.74 bits per heavy atom. The minimum atomic E-state index is -0.449. The highest BCUT2D eigenvalue weighted by atomic mass is 32.1. The van der Waals surface area contributed by atoms with E-state index < -0.39 is 5.97 Å². The van der Waals surface area contributed by atoms with Crippen LogP contribution in [0.1, 0.15) is 19.3 Å². The maximum absolute atomic E-state index is 12.1. The van der Waals surface area contributed by atoms with Gasteiger partial charge < -0.3 is 19.5 Å². The van der Waals surface area contributed by atoms with E-state index in [9.17, 15) is 9.59 Å². The van der Waals surface area contributed by atoms with Gasteiger partial charge in [0.2, 0.25) is 0 Å². The van der Waals surface area contributed by atoms with Crippen LogP contribution in [0.3, 0.4) is 0 Å². The molecule has 1 N–H and O–H groups in total. The summed E-state index contributed by atoms with van der Waals surface area (Å²) in [5.41, 5.74) is 0. The molecule has 0 aliphatic carbocycles. The van der Waals surface area contributed by atoms with E-state index in [-0.39, 0.29) is 12.0 Å². The third-order valence-electron chi connectivity index (χ3n) is 3.27. The summed E-state index contributed by atoms with van der Waals surface area (Å²) in [4.78, 5) is 24.3. The average molecular weight is 333 g/mol. The van der Waals surface area contributed by atoms with Gasteiger partial charge in [0.15, 0.2) is 11.5 Å². The molecule has 1 atom stereocenters. The van der Waals surface area contributed by atoms with Gasteiger partial charge in [0, 0.05) is 0 Å². The van der Waals surface area contributed by atoms with Crippen molar-refractivity contribution in [1.29, 1.82) is 0 Å². The minimum Gasteiger partial charge on any atom is -0.486 e. The molecule has 0 bridgehead atoms. The molecule has 1 aliphatic rings. The molecule has 0 fully saturated rings. The molecule has 3 rings (SSSR count). The van der Waals surface area contributed by atoms with Gasteiger partial charge in [-0.15, -0.1) is 11.3 Å². The standard InChI is InChI=1S/C16H15NO5S/c1-20-16(19)14-7-6-13(23-14)15(18)17-8-10-9-21-11-4-2-3-5-12(11)22-10/h2-7,10H,8-9H2,1H3,(H,17,18)/t10-/m1/s1. The number of thiophene rings is 1. The number of fused-ring (bicyclic) bond motifs is 1. The first kappa shape index (κ1) is 15.4. The van der Waals surface area contributed by atoms with Gasteiger partial charge in [-0.2, -0.15) is 0 Å². The number of amides is 1. The molecule has 120 valence electrons. The van der Waals surface area contributed by atoms with Crippen molar-refractivity contribution in [3.05, 3.63) is 46.2 Å². The van der Waals surface area contributed by atoms with Crippen LogP contribution >= 0.6 is 11.3 Å². The first-order chi connectivity index (χ1) is 11.2. The number of ether oxygens (including phenoxy) is 3. The third-order valence-corrected chi connectivity index (χ3v) is 4.34. The summed E-state index contributed by atoms with van der Waals surface area (Å²) in [6, 6.07) is 10.6. The molecular weight excluding hydrogens is 318 g/mol.